The third-order valence-electron chi connectivity index (χ3n) is 5.30. The van der Waals surface area contributed by atoms with Crippen molar-refractivity contribution in [2.45, 2.75) is 39.8 Å². The van der Waals surface area contributed by atoms with Gasteiger partial charge in [-0.15, -0.1) is 0 Å². The summed E-state index contributed by atoms with van der Waals surface area (Å²) in [6, 6.07) is 16.0. The quantitative estimate of drug-likeness (QED) is 0.482. The number of ether oxygens (including phenoxy) is 1. The second-order valence-electron chi connectivity index (χ2n) is 8.22. The number of rotatable bonds is 10. The number of aromatic nitrogens is 2. The van der Waals surface area contributed by atoms with Crippen molar-refractivity contribution in [3.63, 3.8) is 0 Å². The van der Waals surface area contributed by atoms with Gasteiger partial charge >= 0.3 is 0 Å². The maximum atomic E-state index is 13.3. The van der Waals surface area contributed by atoms with Crippen LogP contribution >= 0.6 is 0 Å². The van der Waals surface area contributed by atoms with Gasteiger partial charge in [-0.1, -0.05) is 51.1 Å². The summed E-state index contributed by atoms with van der Waals surface area (Å²) < 4.78 is 21.2. The number of hydrogen-bond donors (Lipinski definition) is 1. The van der Waals surface area contributed by atoms with Crippen molar-refractivity contribution in [2.24, 2.45) is 13.0 Å². The molecule has 3 aromatic rings. The smallest absolute Gasteiger partial charge is 0.222 e. The molecule has 0 saturated heterocycles. The third kappa shape index (κ3) is 5.93. The molecule has 0 bridgehead atoms. The van der Waals surface area contributed by atoms with E-state index in [1.54, 1.807) is 16.8 Å². The van der Waals surface area contributed by atoms with E-state index in [0.717, 1.165) is 29.8 Å². The molecule has 0 aliphatic carbocycles. The fourth-order valence-electron chi connectivity index (χ4n) is 3.51. The Hall–Kier alpha value is -2.70. The highest BCUT2D eigenvalue weighted by atomic mass is 19.1. The summed E-state index contributed by atoms with van der Waals surface area (Å²) >= 11 is 0. The number of nitrogens with zero attached hydrogens (tertiary/aromatic N) is 3. The van der Waals surface area contributed by atoms with Crippen LogP contribution in [0.15, 0.2) is 54.6 Å². The monoisotopic (exact) mass is 425 g/mol. The lowest BCUT2D eigenvalue weighted by Gasteiger charge is -2.26. The molecule has 5 nitrogen and oxygen atoms in total. The van der Waals surface area contributed by atoms with Crippen LogP contribution in [-0.4, -0.2) is 39.0 Å². The second kappa shape index (κ2) is 10.6. The highest BCUT2D eigenvalue weighted by Crippen LogP contribution is 2.34. The minimum Gasteiger partial charge on any atom is -0.439 e. The Labute approximate surface area is 184 Å². The molecule has 2 aromatic carbocycles. The molecule has 0 aliphatic rings. The Morgan fingerprint density at radius 1 is 1.10 bits per heavy atom. The lowest BCUT2D eigenvalue weighted by Crippen LogP contribution is -2.35. The number of aryl methyl sites for hydroxylation is 1. The maximum Gasteiger partial charge on any atom is 0.222 e. The predicted molar refractivity (Wildman–Crippen MR) is 122 cm³/mol. The summed E-state index contributed by atoms with van der Waals surface area (Å²) in [4.78, 5) is 2.24. The first-order valence-electron chi connectivity index (χ1n) is 10.8. The van der Waals surface area contributed by atoms with E-state index in [9.17, 15) is 9.50 Å². The number of hydrogen-bond acceptors (Lipinski definition) is 4. The Kier molecular flexibility index (Phi) is 7.82. The molecule has 0 radical (unpaired) electrons. The predicted octanol–water partition coefficient (Wildman–Crippen LogP) is 5.25. The summed E-state index contributed by atoms with van der Waals surface area (Å²) in [5.41, 5.74) is 2.80. The van der Waals surface area contributed by atoms with E-state index in [-0.39, 0.29) is 11.7 Å². The fraction of sp³-hybridized carbons (Fsp3) is 0.400. The molecule has 1 heterocycles. The largest absolute Gasteiger partial charge is 0.439 e. The van der Waals surface area contributed by atoms with E-state index < -0.39 is 6.10 Å². The SMILES string of the molecule is CCCN(Cc1c(-c2ccccc2)nn(C)c1Oc1ccc(F)cc1)C[C@H](O)C(C)C. The number of aliphatic hydroxyl groups excluding tert-OH is 1. The zero-order valence-electron chi connectivity index (χ0n) is 18.8. The lowest BCUT2D eigenvalue weighted by molar-refractivity contribution is 0.0729. The van der Waals surface area contributed by atoms with Gasteiger partial charge in [-0.05, 0) is 43.1 Å². The van der Waals surface area contributed by atoms with Crippen LogP contribution in [0, 0.1) is 11.7 Å². The van der Waals surface area contributed by atoms with E-state index in [2.05, 4.69) is 11.8 Å². The maximum absolute atomic E-state index is 13.3. The van der Waals surface area contributed by atoms with Gasteiger partial charge in [-0.25, -0.2) is 9.07 Å². The molecule has 0 aliphatic heterocycles. The van der Waals surface area contributed by atoms with Crippen LogP contribution in [0.2, 0.25) is 0 Å². The molecule has 0 amide bonds. The van der Waals surface area contributed by atoms with E-state index >= 15 is 0 Å². The molecule has 1 aromatic heterocycles. The Morgan fingerprint density at radius 3 is 2.39 bits per heavy atom. The molecular weight excluding hydrogens is 393 g/mol. The van der Waals surface area contributed by atoms with Crippen molar-refractivity contribution in [3.8, 4) is 22.9 Å². The van der Waals surface area contributed by atoms with Gasteiger partial charge in [0.15, 0.2) is 0 Å². The van der Waals surface area contributed by atoms with Crippen molar-refractivity contribution in [2.75, 3.05) is 13.1 Å². The summed E-state index contributed by atoms with van der Waals surface area (Å²) in [6.45, 7) is 8.19. The molecule has 1 N–H and O–H groups in total. The van der Waals surface area contributed by atoms with Crippen LogP contribution in [0.3, 0.4) is 0 Å². The van der Waals surface area contributed by atoms with Gasteiger partial charge in [0.1, 0.15) is 17.3 Å². The molecular formula is C25H32FN3O2. The van der Waals surface area contributed by atoms with E-state index in [0.29, 0.717) is 24.7 Å². The number of aliphatic hydroxyl groups is 1. The zero-order valence-corrected chi connectivity index (χ0v) is 18.8. The molecule has 0 fully saturated rings. The Morgan fingerprint density at radius 2 is 1.77 bits per heavy atom. The van der Waals surface area contributed by atoms with Gasteiger partial charge in [0.2, 0.25) is 5.88 Å². The van der Waals surface area contributed by atoms with Crippen molar-refractivity contribution in [1.82, 2.24) is 14.7 Å². The molecule has 0 saturated carbocycles. The first-order chi connectivity index (χ1) is 14.9. The molecule has 6 heteroatoms. The van der Waals surface area contributed by atoms with Gasteiger partial charge in [0, 0.05) is 25.7 Å². The minimum atomic E-state index is -0.412. The molecule has 166 valence electrons. The number of benzene rings is 2. The second-order valence-corrected chi connectivity index (χ2v) is 8.22. The molecule has 0 spiro atoms. The Balaban J connectivity index is 2.00. The van der Waals surface area contributed by atoms with Crippen LogP contribution in [0.5, 0.6) is 11.6 Å². The van der Waals surface area contributed by atoms with Crippen molar-refractivity contribution in [1.29, 1.82) is 0 Å². The van der Waals surface area contributed by atoms with Crippen LogP contribution in [-0.2, 0) is 13.6 Å². The summed E-state index contributed by atoms with van der Waals surface area (Å²) in [5.74, 6) is 1.04. The van der Waals surface area contributed by atoms with Gasteiger partial charge in [0.25, 0.3) is 0 Å². The van der Waals surface area contributed by atoms with Crippen LogP contribution in [0.4, 0.5) is 4.39 Å². The molecule has 1 atom stereocenters. The van der Waals surface area contributed by atoms with E-state index in [4.69, 9.17) is 9.84 Å². The normalized spacial score (nSPS) is 12.5. The minimum absolute atomic E-state index is 0.178. The first-order valence-corrected chi connectivity index (χ1v) is 10.8. The average molecular weight is 426 g/mol. The van der Waals surface area contributed by atoms with E-state index in [1.165, 1.54) is 12.1 Å². The standard InChI is InChI=1S/C25H32FN3O2/c1-5-15-29(17-23(30)18(2)3)16-22-24(19-9-7-6-8-10-19)27-28(4)25(22)31-21-13-11-20(26)12-14-21/h6-14,18,23,30H,5,15-17H2,1-4H3/t23-/m0/s1. The average Bonchev–Trinajstić information content (AvgIpc) is 3.05. The van der Waals surface area contributed by atoms with Gasteiger partial charge in [0.05, 0.1) is 11.7 Å². The summed E-state index contributed by atoms with van der Waals surface area (Å²) in [7, 11) is 1.85. The van der Waals surface area contributed by atoms with Gasteiger partial charge in [-0.2, -0.15) is 5.10 Å². The van der Waals surface area contributed by atoms with Gasteiger partial charge in [-0.3, -0.25) is 4.90 Å². The van der Waals surface area contributed by atoms with Crippen LogP contribution in [0.1, 0.15) is 32.8 Å². The van der Waals surface area contributed by atoms with Crippen molar-refractivity contribution in [3.05, 3.63) is 66.0 Å². The zero-order chi connectivity index (χ0) is 22.4. The fourth-order valence-corrected chi connectivity index (χ4v) is 3.51. The third-order valence-corrected chi connectivity index (χ3v) is 5.30. The number of halogens is 1. The Bertz CT molecular complexity index is 955. The molecule has 3 rings (SSSR count). The van der Waals surface area contributed by atoms with E-state index in [1.807, 2.05) is 51.2 Å². The van der Waals surface area contributed by atoms with Gasteiger partial charge < -0.3 is 9.84 Å². The van der Waals surface area contributed by atoms with Crippen LogP contribution < -0.4 is 4.74 Å². The lowest BCUT2D eigenvalue weighted by atomic mass is 10.0. The summed E-state index contributed by atoms with van der Waals surface area (Å²) in [6.07, 6.45) is 0.560. The van der Waals surface area contributed by atoms with Crippen LogP contribution in [0.25, 0.3) is 11.3 Å². The molecule has 0 unspecified atom stereocenters. The highest BCUT2D eigenvalue weighted by Gasteiger charge is 2.23. The topological polar surface area (TPSA) is 50.5 Å². The highest BCUT2D eigenvalue weighted by molar-refractivity contribution is 5.65. The summed E-state index contributed by atoms with van der Waals surface area (Å²) in [5, 5.41) is 15.2. The molecule has 31 heavy (non-hydrogen) atoms. The van der Waals surface area contributed by atoms with Crippen molar-refractivity contribution >= 4 is 0 Å². The first kappa shape index (κ1) is 23.0. The van der Waals surface area contributed by atoms with Crippen molar-refractivity contribution < 1.29 is 14.2 Å².